The van der Waals surface area contributed by atoms with E-state index in [4.69, 9.17) is 4.74 Å². The third-order valence-electron chi connectivity index (χ3n) is 3.19. The van der Waals surface area contributed by atoms with Crippen molar-refractivity contribution in [2.45, 2.75) is 32.7 Å². The van der Waals surface area contributed by atoms with Gasteiger partial charge >= 0.3 is 0 Å². The molecule has 0 bridgehead atoms. The second kappa shape index (κ2) is 4.88. The van der Waals surface area contributed by atoms with Crippen LogP contribution in [0.1, 0.15) is 32.3 Å². The topological polar surface area (TPSA) is 21.3 Å². The number of hydrogen-bond acceptors (Lipinski definition) is 2. The molecule has 0 fully saturated rings. The highest BCUT2D eigenvalue weighted by Gasteiger charge is 2.28. The summed E-state index contributed by atoms with van der Waals surface area (Å²) in [5.74, 6) is 2.25. The fraction of sp³-hybridized carbons (Fsp3) is 0.571. The fourth-order valence-electron chi connectivity index (χ4n) is 2.17. The van der Waals surface area contributed by atoms with Gasteiger partial charge in [-0.05, 0) is 25.5 Å². The average molecular weight is 219 g/mol. The van der Waals surface area contributed by atoms with Gasteiger partial charge in [-0.3, -0.25) is 0 Å². The van der Waals surface area contributed by atoms with Crippen LogP contribution in [0.5, 0.6) is 5.75 Å². The largest absolute Gasteiger partial charge is 0.493 e. The molecule has 2 heteroatoms. The number of fused-ring (bicyclic) bond motifs is 1. The molecule has 0 saturated heterocycles. The molecule has 0 aliphatic carbocycles. The van der Waals surface area contributed by atoms with Gasteiger partial charge in [0, 0.05) is 17.5 Å². The van der Waals surface area contributed by atoms with Gasteiger partial charge in [0.25, 0.3) is 0 Å². The smallest absolute Gasteiger partial charge is 0.122 e. The maximum Gasteiger partial charge on any atom is 0.122 e. The van der Waals surface area contributed by atoms with Crippen molar-refractivity contribution in [3.8, 4) is 5.75 Å². The minimum absolute atomic E-state index is 0.478. The van der Waals surface area contributed by atoms with Crippen LogP contribution in [0.4, 0.5) is 0 Å². The monoisotopic (exact) mass is 219 g/mol. The lowest BCUT2D eigenvalue weighted by molar-refractivity contribution is 0.300. The van der Waals surface area contributed by atoms with Gasteiger partial charge in [-0.15, -0.1) is 0 Å². The van der Waals surface area contributed by atoms with E-state index in [9.17, 15) is 0 Å². The molecular formula is C14H21NO. The summed E-state index contributed by atoms with van der Waals surface area (Å²) < 4.78 is 5.70. The maximum absolute atomic E-state index is 5.70. The second-order valence-electron chi connectivity index (χ2n) is 5.05. The molecule has 1 aromatic carbocycles. The predicted octanol–water partition coefficient (Wildman–Crippen LogP) is 2.80. The Morgan fingerprint density at radius 3 is 2.81 bits per heavy atom. The van der Waals surface area contributed by atoms with Crippen LogP contribution in [-0.4, -0.2) is 19.2 Å². The van der Waals surface area contributed by atoms with Crippen molar-refractivity contribution in [3.63, 3.8) is 0 Å². The zero-order chi connectivity index (χ0) is 11.5. The third kappa shape index (κ3) is 2.38. The molecule has 1 aromatic rings. The van der Waals surface area contributed by atoms with Gasteiger partial charge in [-0.25, -0.2) is 0 Å². The first-order valence-electron chi connectivity index (χ1n) is 6.13. The van der Waals surface area contributed by atoms with E-state index in [1.54, 1.807) is 0 Å². The zero-order valence-corrected chi connectivity index (χ0v) is 10.4. The molecule has 0 aromatic heterocycles. The molecular weight excluding hydrogens is 198 g/mol. The van der Waals surface area contributed by atoms with Crippen LogP contribution in [0.25, 0.3) is 0 Å². The van der Waals surface area contributed by atoms with Crippen molar-refractivity contribution in [1.82, 2.24) is 5.32 Å². The molecule has 0 amide bonds. The van der Waals surface area contributed by atoms with E-state index >= 15 is 0 Å². The van der Waals surface area contributed by atoms with Crippen LogP contribution in [0, 0.1) is 5.92 Å². The lowest BCUT2D eigenvalue weighted by Gasteiger charge is -2.21. The minimum Gasteiger partial charge on any atom is -0.493 e. The van der Waals surface area contributed by atoms with E-state index in [-0.39, 0.29) is 0 Å². The molecule has 0 radical (unpaired) electrons. The molecule has 2 nitrogen and oxygen atoms in total. The summed E-state index contributed by atoms with van der Waals surface area (Å²) in [7, 11) is 0. The number of ether oxygens (including phenoxy) is 1. The van der Waals surface area contributed by atoms with Gasteiger partial charge < -0.3 is 10.1 Å². The predicted molar refractivity (Wildman–Crippen MR) is 67.0 cm³/mol. The molecule has 2 atom stereocenters. The first kappa shape index (κ1) is 11.5. The Bertz CT molecular complexity index is 348. The molecule has 2 rings (SSSR count). The van der Waals surface area contributed by atoms with E-state index in [0.29, 0.717) is 17.9 Å². The summed E-state index contributed by atoms with van der Waals surface area (Å²) in [6.45, 7) is 8.60. The average Bonchev–Trinajstić information content (AvgIpc) is 2.69. The van der Waals surface area contributed by atoms with Crippen molar-refractivity contribution in [1.29, 1.82) is 0 Å². The Morgan fingerprint density at radius 1 is 1.31 bits per heavy atom. The zero-order valence-electron chi connectivity index (χ0n) is 10.4. The Kier molecular flexibility index (Phi) is 3.49. The van der Waals surface area contributed by atoms with E-state index in [2.05, 4.69) is 44.3 Å². The Balaban J connectivity index is 2.01. The van der Waals surface area contributed by atoms with Crippen LogP contribution >= 0.6 is 0 Å². The minimum atomic E-state index is 0.478. The van der Waals surface area contributed by atoms with Crippen LogP contribution in [0.3, 0.4) is 0 Å². The number of para-hydroxylation sites is 1. The van der Waals surface area contributed by atoms with Crippen LogP contribution in [-0.2, 0) is 0 Å². The van der Waals surface area contributed by atoms with Crippen LogP contribution in [0.2, 0.25) is 0 Å². The van der Waals surface area contributed by atoms with Crippen molar-refractivity contribution in [3.05, 3.63) is 29.8 Å². The van der Waals surface area contributed by atoms with Crippen molar-refractivity contribution in [2.75, 3.05) is 13.2 Å². The Labute approximate surface area is 98.0 Å². The second-order valence-corrected chi connectivity index (χ2v) is 5.05. The summed E-state index contributed by atoms with van der Waals surface area (Å²) in [5.41, 5.74) is 1.35. The van der Waals surface area contributed by atoms with Gasteiger partial charge in [-0.1, -0.05) is 32.0 Å². The van der Waals surface area contributed by atoms with Gasteiger partial charge in [0.2, 0.25) is 0 Å². The molecule has 1 aliphatic rings. The third-order valence-corrected chi connectivity index (χ3v) is 3.19. The number of rotatable bonds is 4. The SMILES string of the molecule is CC(C)CNC(C)C1COc2ccccc21. The number of hydrogen-bond donors (Lipinski definition) is 1. The summed E-state index contributed by atoms with van der Waals surface area (Å²) in [6.07, 6.45) is 0. The summed E-state index contributed by atoms with van der Waals surface area (Å²) in [5, 5.41) is 3.58. The molecule has 88 valence electrons. The van der Waals surface area contributed by atoms with Crippen molar-refractivity contribution < 1.29 is 4.74 Å². The molecule has 16 heavy (non-hydrogen) atoms. The van der Waals surface area contributed by atoms with Gasteiger partial charge in [0.1, 0.15) is 5.75 Å². The molecule has 0 spiro atoms. The standard InChI is InChI=1S/C14H21NO/c1-10(2)8-15-11(3)13-9-16-14-7-5-4-6-12(13)14/h4-7,10-11,13,15H,8-9H2,1-3H3. The number of nitrogens with one attached hydrogen (secondary N) is 1. The summed E-state index contributed by atoms with van der Waals surface area (Å²) in [6, 6.07) is 8.85. The first-order chi connectivity index (χ1) is 7.68. The highest BCUT2D eigenvalue weighted by Crippen LogP contribution is 2.35. The lowest BCUT2D eigenvalue weighted by Crippen LogP contribution is -2.35. The quantitative estimate of drug-likeness (QED) is 0.840. The summed E-state index contributed by atoms with van der Waals surface area (Å²) in [4.78, 5) is 0. The van der Waals surface area contributed by atoms with E-state index in [0.717, 1.165) is 18.9 Å². The highest BCUT2D eigenvalue weighted by atomic mass is 16.5. The van der Waals surface area contributed by atoms with Crippen molar-refractivity contribution >= 4 is 0 Å². The van der Waals surface area contributed by atoms with Gasteiger partial charge in [0.15, 0.2) is 0 Å². The molecule has 1 N–H and O–H groups in total. The molecule has 2 unspecified atom stereocenters. The molecule has 0 saturated carbocycles. The van der Waals surface area contributed by atoms with E-state index < -0.39 is 0 Å². The van der Waals surface area contributed by atoms with E-state index in [1.165, 1.54) is 5.56 Å². The normalized spacial score (nSPS) is 20.6. The maximum atomic E-state index is 5.70. The summed E-state index contributed by atoms with van der Waals surface area (Å²) >= 11 is 0. The van der Waals surface area contributed by atoms with Gasteiger partial charge in [0.05, 0.1) is 6.61 Å². The Morgan fingerprint density at radius 2 is 2.06 bits per heavy atom. The van der Waals surface area contributed by atoms with Gasteiger partial charge in [-0.2, -0.15) is 0 Å². The van der Waals surface area contributed by atoms with Crippen LogP contribution in [0.15, 0.2) is 24.3 Å². The molecule has 1 aliphatic heterocycles. The molecule has 1 heterocycles. The van der Waals surface area contributed by atoms with Crippen LogP contribution < -0.4 is 10.1 Å². The van der Waals surface area contributed by atoms with Crippen molar-refractivity contribution in [2.24, 2.45) is 5.92 Å². The lowest BCUT2D eigenvalue weighted by atomic mass is 9.94. The number of benzene rings is 1. The first-order valence-corrected chi connectivity index (χ1v) is 6.13. The highest BCUT2D eigenvalue weighted by molar-refractivity contribution is 5.40. The van der Waals surface area contributed by atoms with E-state index in [1.807, 2.05) is 6.07 Å². The Hall–Kier alpha value is -1.02. The fourth-order valence-corrected chi connectivity index (χ4v) is 2.17.